The SMILES string of the molecule is O=C(O)c1ccnc2ccc(N3C[C@@H]4C[C@H]3CO4)cc12. The first-order valence-corrected chi connectivity index (χ1v) is 6.72. The van der Waals surface area contributed by atoms with Gasteiger partial charge in [-0.05, 0) is 30.7 Å². The highest BCUT2D eigenvalue weighted by molar-refractivity contribution is 6.03. The average molecular weight is 270 g/mol. The normalized spacial score (nSPS) is 24.5. The first kappa shape index (κ1) is 11.7. The molecule has 2 aromatic rings. The number of aromatic nitrogens is 1. The molecule has 1 N–H and O–H groups in total. The lowest BCUT2D eigenvalue weighted by molar-refractivity contribution is 0.0699. The number of pyridine rings is 1. The van der Waals surface area contributed by atoms with Gasteiger partial charge in [-0.3, -0.25) is 4.98 Å². The van der Waals surface area contributed by atoms with Gasteiger partial charge in [-0.1, -0.05) is 0 Å². The van der Waals surface area contributed by atoms with Gasteiger partial charge in [-0.2, -0.15) is 0 Å². The number of anilines is 1. The molecule has 3 heterocycles. The molecule has 5 nitrogen and oxygen atoms in total. The van der Waals surface area contributed by atoms with E-state index >= 15 is 0 Å². The van der Waals surface area contributed by atoms with E-state index in [4.69, 9.17) is 4.74 Å². The van der Waals surface area contributed by atoms with E-state index in [0.29, 0.717) is 28.6 Å². The maximum absolute atomic E-state index is 11.3. The Morgan fingerprint density at radius 2 is 2.30 bits per heavy atom. The number of morpholine rings is 1. The van der Waals surface area contributed by atoms with Gasteiger partial charge in [-0.25, -0.2) is 4.79 Å². The van der Waals surface area contributed by atoms with Crippen molar-refractivity contribution in [2.75, 3.05) is 18.1 Å². The van der Waals surface area contributed by atoms with Crippen molar-refractivity contribution in [3.05, 3.63) is 36.0 Å². The molecular formula is C15H14N2O3. The molecule has 1 aromatic carbocycles. The van der Waals surface area contributed by atoms with Crippen molar-refractivity contribution < 1.29 is 14.6 Å². The Kier molecular flexibility index (Phi) is 2.44. The smallest absolute Gasteiger partial charge is 0.336 e. The van der Waals surface area contributed by atoms with Crippen LogP contribution in [0.15, 0.2) is 30.5 Å². The predicted molar refractivity (Wildman–Crippen MR) is 74.2 cm³/mol. The molecule has 0 radical (unpaired) electrons. The fourth-order valence-electron chi connectivity index (χ4n) is 3.22. The lowest BCUT2D eigenvalue weighted by atomic mass is 10.1. The molecule has 0 spiro atoms. The number of hydrogen-bond donors (Lipinski definition) is 1. The molecule has 5 heteroatoms. The highest BCUT2D eigenvalue weighted by Gasteiger charge is 2.39. The molecule has 2 atom stereocenters. The number of rotatable bonds is 2. The first-order chi connectivity index (χ1) is 9.72. The summed E-state index contributed by atoms with van der Waals surface area (Å²) < 4.78 is 5.60. The number of ether oxygens (including phenoxy) is 1. The summed E-state index contributed by atoms with van der Waals surface area (Å²) in [6.07, 6.45) is 2.93. The maximum atomic E-state index is 11.3. The highest BCUT2D eigenvalue weighted by Crippen LogP contribution is 2.34. The molecule has 4 rings (SSSR count). The van der Waals surface area contributed by atoms with Crippen LogP contribution < -0.4 is 4.90 Å². The molecule has 0 amide bonds. The molecule has 102 valence electrons. The highest BCUT2D eigenvalue weighted by atomic mass is 16.5. The van der Waals surface area contributed by atoms with E-state index in [1.807, 2.05) is 18.2 Å². The minimum atomic E-state index is -0.916. The molecule has 0 saturated carbocycles. The number of hydrogen-bond acceptors (Lipinski definition) is 4. The second-order valence-corrected chi connectivity index (χ2v) is 5.36. The van der Waals surface area contributed by atoms with Crippen LogP contribution in [0.4, 0.5) is 5.69 Å². The quantitative estimate of drug-likeness (QED) is 0.903. The fourth-order valence-corrected chi connectivity index (χ4v) is 3.22. The molecule has 0 aliphatic carbocycles. The summed E-state index contributed by atoms with van der Waals surface area (Å²) in [6.45, 7) is 1.65. The standard InChI is InChI=1S/C15H14N2O3/c18-15(19)12-3-4-16-14-2-1-9(6-13(12)14)17-7-11-5-10(17)8-20-11/h1-4,6,10-11H,5,7-8H2,(H,18,19)/t10-,11-/m0/s1. The van der Waals surface area contributed by atoms with Crippen molar-refractivity contribution in [3.63, 3.8) is 0 Å². The second-order valence-electron chi connectivity index (χ2n) is 5.36. The van der Waals surface area contributed by atoms with Crippen molar-refractivity contribution >= 4 is 22.6 Å². The van der Waals surface area contributed by atoms with Crippen LogP contribution in [0.1, 0.15) is 16.8 Å². The van der Waals surface area contributed by atoms with Gasteiger partial charge in [0.2, 0.25) is 0 Å². The van der Waals surface area contributed by atoms with Crippen LogP contribution in [0.25, 0.3) is 10.9 Å². The van der Waals surface area contributed by atoms with Crippen LogP contribution in [0.2, 0.25) is 0 Å². The van der Waals surface area contributed by atoms with E-state index < -0.39 is 5.97 Å². The molecule has 2 fully saturated rings. The summed E-state index contributed by atoms with van der Waals surface area (Å²) in [5.74, 6) is -0.916. The molecule has 20 heavy (non-hydrogen) atoms. The monoisotopic (exact) mass is 270 g/mol. The number of carboxylic acid groups (broad SMARTS) is 1. The third-order valence-corrected chi connectivity index (χ3v) is 4.19. The van der Waals surface area contributed by atoms with Crippen LogP contribution in [0.5, 0.6) is 0 Å². The van der Waals surface area contributed by atoms with Crippen molar-refractivity contribution in [1.82, 2.24) is 4.98 Å². The number of carbonyl (C=O) groups is 1. The van der Waals surface area contributed by atoms with Crippen molar-refractivity contribution in [3.8, 4) is 0 Å². The van der Waals surface area contributed by atoms with Gasteiger partial charge in [0.05, 0.1) is 29.8 Å². The Labute approximate surface area is 115 Å². The number of fused-ring (bicyclic) bond motifs is 3. The van der Waals surface area contributed by atoms with Gasteiger partial charge < -0.3 is 14.7 Å². The Balaban J connectivity index is 1.82. The molecule has 1 aromatic heterocycles. The van der Waals surface area contributed by atoms with Gasteiger partial charge in [-0.15, -0.1) is 0 Å². The van der Waals surface area contributed by atoms with Crippen LogP contribution in [-0.4, -0.2) is 41.4 Å². The van der Waals surface area contributed by atoms with E-state index in [0.717, 1.165) is 25.3 Å². The minimum absolute atomic E-state index is 0.303. The van der Waals surface area contributed by atoms with Gasteiger partial charge in [0, 0.05) is 23.8 Å². The Morgan fingerprint density at radius 1 is 1.40 bits per heavy atom. The second kappa shape index (κ2) is 4.18. The Morgan fingerprint density at radius 3 is 3.00 bits per heavy atom. The first-order valence-electron chi connectivity index (χ1n) is 6.72. The zero-order chi connectivity index (χ0) is 13.7. The largest absolute Gasteiger partial charge is 0.478 e. The zero-order valence-electron chi connectivity index (χ0n) is 10.8. The number of carboxylic acids is 1. The van der Waals surface area contributed by atoms with Gasteiger partial charge in [0.1, 0.15) is 0 Å². The van der Waals surface area contributed by atoms with Gasteiger partial charge in [0.15, 0.2) is 0 Å². The van der Waals surface area contributed by atoms with Crippen LogP contribution >= 0.6 is 0 Å². The molecule has 2 saturated heterocycles. The lowest BCUT2D eigenvalue weighted by Crippen LogP contribution is -2.36. The summed E-state index contributed by atoms with van der Waals surface area (Å²) >= 11 is 0. The molecule has 2 aliphatic heterocycles. The van der Waals surface area contributed by atoms with E-state index in [2.05, 4.69) is 9.88 Å². The fraction of sp³-hybridized carbons (Fsp3) is 0.333. The summed E-state index contributed by atoms with van der Waals surface area (Å²) in [5.41, 5.74) is 2.08. The Hall–Kier alpha value is -2.14. The van der Waals surface area contributed by atoms with E-state index in [9.17, 15) is 9.90 Å². The van der Waals surface area contributed by atoms with Crippen LogP contribution in [0.3, 0.4) is 0 Å². The molecular weight excluding hydrogens is 256 g/mol. The molecule has 2 aliphatic rings. The predicted octanol–water partition coefficient (Wildman–Crippen LogP) is 1.91. The average Bonchev–Trinajstić information content (AvgIpc) is 3.08. The summed E-state index contributed by atoms with van der Waals surface area (Å²) in [6, 6.07) is 7.81. The van der Waals surface area contributed by atoms with Crippen molar-refractivity contribution in [1.29, 1.82) is 0 Å². The molecule has 0 unspecified atom stereocenters. The summed E-state index contributed by atoms with van der Waals surface area (Å²) in [5, 5.41) is 9.98. The maximum Gasteiger partial charge on any atom is 0.336 e. The van der Waals surface area contributed by atoms with Gasteiger partial charge >= 0.3 is 5.97 Å². The topological polar surface area (TPSA) is 62.7 Å². The Bertz CT molecular complexity index is 701. The van der Waals surface area contributed by atoms with Gasteiger partial charge in [0.25, 0.3) is 0 Å². The van der Waals surface area contributed by atoms with E-state index in [1.54, 1.807) is 6.07 Å². The minimum Gasteiger partial charge on any atom is -0.478 e. The van der Waals surface area contributed by atoms with Crippen molar-refractivity contribution in [2.45, 2.75) is 18.6 Å². The third-order valence-electron chi connectivity index (χ3n) is 4.19. The van der Waals surface area contributed by atoms with E-state index in [1.165, 1.54) is 6.20 Å². The van der Waals surface area contributed by atoms with E-state index in [-0.39, 0.29) is 0 Å². The summed E-state index contributed by atoms with van der Waals surface area (Å²) in [7, 11) is 0. The number of nitrogens with zero attached hydrogens (tertiary/aromatic N) is 2. The third kappa shape index (κ3) is 1.67. The lowest BCUT2D eigenvalue weighted by Gasteiger charge is -2.29. The summed E-state index contributed by atoms with van der Waals surface area (Å²) in [4.78, 5) is 17.9. The van der Waals surface area contributed by atoms with Crippen molar-refractivity contribution in [2.24, 2.45) is 0 Å². The van der Waals surface area contributed by atoms with Crippen LogP contribution in [-0.2, 0) is 4.74 Å². The number of aromatic carboxylic acids is 1. The number of benzene rings is 1. The van der Waals surface area contributed by atoms with Crippen LogP contribution in [0, 0.1) is 0 Å². The molecule has 2 bridgehead atoms. The zero-order valence-corrected chi connectivity index (χ0v) is 10.8.